The lowest BCUT2D eigenvalue weighted by molar-refractivity contribution is -0.133. The fraction of sp³-hybridized carbons (Fsp3) is 0.333. The molecule has 6 heteroatoms. The largest absolute Gasteiger partial charge is 0.493 e. The van der Waals surface area contributed by atoms with Crippen LogP contribution in [0.5, 0.6) is 11.5 Å². The molecule has 2 aliphatic rings. The van der Waals surface area contributed by atoms with E-state index >= 15 is 0 Å². The number of para-hydroxylation sites is 1. The molecule has 0 unspecified atom stereocenters. The van der Waals surface area contributed by atoms with Crippen molar-refractivity contribution in [2.45, 2.75) is 19.4 Å². The topological polar surface area (TPSA) is 51.7 Å². The van der Waals surface area contributed by atoms with Crippen molar-refractivity contribution in [3.8, 4) is 22.1 Å². The second-order valence-electron chi connectivity index (χ2n) is 7.04. The highest BCUT2D eigenvalue weighted by molar-refractivity contribution is 7.21. The third kappa shape index (κ3) is 3.04. The maximum Gasteiger partial charge on any atom is 0.226 e. The van der Waals surface area contributed by atoms with Gasteiger partial charge in [0, 0.05) is 23.6 Å². The van der Waals surface area contributed by atoms with Gasteiger partial charge in [-0.25, -0.2) is 4.98 Å². The lowest BCUT2D eigenvalue weighted by Crippen LogP contribution is -2.33. The van der Waals surface area contributed by atoms with Gasteiger partial charge in [-0.2, -0.15) is 0 Å². The number of nitrogens with zero attached hydrogens (tertiary/aromatic N) is 2. The summed E-state index contributed by atoms with van der Waals surface area (Å²) in [4.78, 5) is 19.3. The second-order valence-corrected chi connectivity index (χ2v) is 8.07. The maximum absolute atomic E-state index is 12.6. The van der Waals surface area contributed by atoms with Crippen molar-refractivity contribution in [1.29, 1.82) is 0 Å². The van der Waals surface area contributed by atoms with E-state index in [0.717, 1.165) is 44.9 Å². The molecule has 0 atom stereocenters. The van der Waals surface area contributed by atoms with Gasteiger partial charge in [0.05, 0.1) is 23.9 Å². The summed E-state index contributed by atoms with van der Waals surface area (Å²) in [6.07, 6.45) is 2.02. The third-order valence-electron chi connectivity index (χ3n) is 5.10. The van der Waals surface area contributed by atoms with Gasteiger partial charge in [-0.1, -0.05) is 12.1 Å². The van der Waals surface area contributed by atoms with Crippen LogP contribution in [0.15, 0.2) is 36.4 Å². The minimum absolute atomic E-state index is 0.209. The molecule has 0 bridgehead atoms. The zero-order chi connectivity index (χ0) is 18.4. The van der Waals surface area contributed by atoms with Crippen molar-refractivity contribution in [3.05, 3.63) is 42.0 Å². The Bertz CT molecular complexity index is 992. The number of rotatable bonds is 3. The zero-order valence-corrected chi connectivity index (χ0v) is 15.9. The fourth-order valence-electron chi connectivity index (χ4n) is 3.53. The van der Waals surface area contributed by atoms with Gasteiger partial charge in [0.15, 0.2) is 11.5 Å². The Labute approximate surface area is 161 Å². The lowest BCUT2D eigenvalue weighted by Gasteiger charge is -2.20. The smallest absolute Gasteiger partial charge is 0.226 e. The van der Waals surface area contributed by atoms with Crippen LogP contribution in [0.3, 0.4) is 0 Å². The molecule has 1 fully saturated rings. The van der Waals surface area contributed by atoms with Crippen molar-refractivity contribution >= 4 is 27.5 Å². The Morgan fingerprint density at radius 3 is 2.93 bits per heavy atom. The molecule has 1 aromatic heterocycles. The highest BCUT2D eigenvalue weighted by atomic mass is 32.1. The summed E-state index contributed by atoms with van der Waals surface area (Å²) in [7, 11) is 1.65. The van der Waals surface area contributed by atoms with E-state index in [1.807, 2.05) is 29.2 Å². The Morgan fingerprint density at radius 2 is 2.15 bits per heavy atom. The zero-order valence-electron chi connectivity index (χ0n) is 15.1. The van der Waals surface area contributed by atoms with Gasteiger partial charge in [-0.05, 0) is 37.1 Å². The van der Waals surface area contributed by atoms with Gasteiger partial charge < -0.3 is 14.4 Å². The van der Waals surface area contributed by atoms with E-state index in [9.17, 15) is 4.79 Å². The quantitative estimate of drug-likeness (QED) is 0.686. The summed E-state index contributed by atoms with van der Waals surface area (Å²) in [5, 5.41) is 0.946. The highest BCUT2D eigenvalue weighted by Crippen LogP contribution is 2.41. The van der Waals surface area contributed by atoms with Gasteiger partial charge in [0.2, 0.25) is 5.91 Å². The van der Waals surface area contributed by atoms with Crippen LogP contribution in [0.25, 0.3) is 20.8 Å². The predicted octanol–water partition coefficient (Wildman–Crippen LogP) is 4.10. The molecule has 1 aliphatic carbocycles. The van der Waals surface area contributed by atoms with Crippen LogP contribution in [0.4, 0.5) is 0 Å². The number of fused-ring (bicyclic) bond motifs is 2. The third-order valence-corrected chi connectivity index (χ3v) is 6.19. The van der Waals surface area contributed by atoms with Crippen LogP contribution >= 0.6 is 11.3 Å². The van der Waals surface area contributed by atoms with E-state index in [1.54, 1.807) is 18.4 Å². The van der Waals surface area contributed by atoms with E-state index < -0.39 is 0 Å². The first kappa shape index (κ1) is 16.6. The molecule has 5 nitrogen and oxygen atoms in total. The minimum atomic E-state index is 0.209. The molecule has 5 rings (SSSR count). The standard InChI is InChI=1S/C21H20N2O3S/c1-25-17-11-14(20-22-16-4-2-3-5-18(16)27-20)10-15-12-23(8-9-26-19(15)17)21(24)13-6-7-13/h2-5,10-11,13H,6-9,12H2,1H3. The van der Waals surface area contributed by atoms with Gasteiger partial charge in [-0.3, -0.25) is 4.79 Å². The number of thiazole rings is 1. The average Bonchev–Trinajstić information content (AvgIpc) is 3.48. The number of amides is 1. The molecule has 2 heterocycles. The SMILES string of the molecule is COc1cc(-c2nc3ccccc3s2)cc2c1OCCN(C(=O)C1CC1)C2. The normalized spacial score (nSPS) is 16.6. The number of aromatic nitrogens is 1. The fourth-order valence-corrected chi connectivity index (χ4v) is 4.48. The molecule has 1 amide bonds. The van der Waals surface area contributed by atoms with E-state index in [1.165, 1.54) is 0 Å². The molecule has 0 radical (unpaired) electrons. The molecule has 0 N–H and O–H groups in total. The van der Waals surface area contributed by atoms with Gasteiger partial charge >= 0.3 is 0 Å². The Kier molecular flexibility index (Phi) is 4.01. The van der Waals surface area contributed by atoms with Crippen molar-refractivity contribution in [1.82, 2.24) is 9.88 Å². The van der Waals surface area contributed by atoms with Crippen molar-refractivity contribution < 1.29 is 14.3 Å². The number of methoxy groups -OCH3 is 1. The van der Waals surface area contributed by atoms with Crippen LogP contribution in [0.2, 0.25) is 0 Å². The number of hydrogen-bond donors (Lipinski definition) is 0. The number of ether oxygens (including phenoxy) is 2. The summed E-state index contributed by atoms with van der Waals surface area (Å²) in [5.41, 5.74) is 2.97. The summed E-state index contributed by atoms with van der Waals surface area (Å²) >= 11 is 1.66. The molecule has 1 aliphatic heterocycles. The molecular formula is C21H20N2O3S. The van der Waals surface area contributed by atoms with E-state index in [0.29, 0.717) is 25.4 Å². The second kappa shape index (κ2) is 6.53. The number of hydrogen-bond acceptors (Lipinski definition) is 5. The lowest BCUT2D eigenvalue weighted by atomic mass is 10.1. The van der Waals surface area contributed by atoms with Gasteiger partial charge in [0.25, 0.3) is 0 Å². The molecule has 138 valence electrons. The van der Waals surface area contributed by atoms with Crippen LogP contribution in [-0.2, 0) is 11.3 Å². The molecule has 0 saturated heterocycles. The van der Waals surface area contributed by atoms with Gasteiger partial charge in [0.1, 0.15) is 11.6 Å². The van der Waals surface area contributed by atoms with E-state index in [-0.39, 0.29) is 11.8 Å². The summed E-state index contributed by atoms with van der Waals surface area (Å²) in [6, 6.07) is 12.2. The monoisotopic (exact) mass is 380 g/mol. The Balaban J connectivity index is 1.57. The first-order valence-corrected chi connectivity index (χ1v) is 10.0. The number of benzene rings is 2. The van der Waals surface area contributed by atoms with E-state index in [4.69, 9.17) is 14.5 Å². The van der Waals surface area contributed by atoms with Crippen molar-refractivity contribution in [2.75, 3.05) is 20.3 Å². The molecule has 1 saturated carbocycles. The maximum atomic E-state index is 12.6. The highest BCUT2D eigenvalue weighted by Gasteiger charge is 2.34. The minimum Gasteiger partial charge on any atom is -0.493 e. The first-order valence-electron chi connectivity index (χ1n) is 9.21. The van der Waals surface area contributed by atoms with Crippen molar-refractivity contribution in [3.63, 3.8) is 0 Å². The van der Waals surface area contributed by atoms with Crippen LogP contribution in [-0.4, -0.2) is 36.1 Å². The molecular weight excluding hydrogens is 360 g/mol. The number of carbonyl (C=O) groups is 1. The summed E-state index contributed by atoms with van der Waals surface area (Å²) in [5.74, 6) is 1.90. The van der Waals surface area contributed by atoms with Crippen LogP contribution in [0.1, 0.15) is 18.4 Å². The van der Waals surface area contributed by atoms with Crippen LogP contribution < -0.4 is 9.47 Å². The molecule has 0 spiro atoms. The molecule has 27 heavy (non-hydrogen) atoms. The van der Waals surface area contributed by atoms with Gasteiger partial charge in [-0.15, -0.1) is 11.3 Å². The Hall–Kier alpha value is -2.60. The van der Waals surface area contributed by atoms with Crippen molar-refractivity contribution in [2.24, 2.45) is 5.92 Å². The number of carbonyl (C=O) groups excluding carboxylic acids is 1. The average molecular weight is 380 g/mol. The first-order chi connectivity index (χ1) is 13.2. The summed E-state index contributed by atoms with van der Waals surface area (Å²) < 4.78 is 12.7. The van der Waals surface area contributed by atoms with Crippen LogP contribution in [0, 0.1) is 5.92 Å². The van der Waals surface area contributed by atoms with E-state index in [2.05, 4.69) is 12.1 Å². The molecule has 3 aromatic rings. The predicted molar refractivity (Wildman–Crippen MR) is 105 cm³/mol. The summed E-state index contributed by atoms with van der Waals surface area (Å²) in [6.45, 7) is 1.66. The molecule has 2 aromatic carbocycles. The Morgan fingerprint density at radius 1 is 1.30 bits per heavy atom.